The average molecular weight is 288 g/mol. The van der Waals surface area contributed by atoms with Crippen LogP contribution < -0.4 is 10.3 Å². The second kappa shape index (κ2) is 6.37. The maximum absolute atomic E-state index is 11.7. The zero-order valence-electron chi connectivity index (χ0n) is 10.8. The number of methoxy groups -OCH3 is 1. The summed E-state index contributed by atoms with van der Waals surface area (Å²) in [5, 5.41) is 0. The van der Waals surface area contributed by atoms with E-state index in [9.17, 15) is 18.0 Å². The van der Waals surface area contributed by atoms with Gasteiger partial charge in [-0.2, -0.15) is 0 Å². The molecule has 0 aromatic carbocycles. The summed E-state index contributed by atoms with van der Waals surface area (Å²) >= 11 is 0. The molecule has 0 aliphatic rings. The molecule has 0 aliphatic heterocycles. The molecule has 0 fully saturated rings. The number of aryl methyl sites for hydroxylation is 1. The molecule has 0 saturated carbocycles. The standard InChI is InChI=1S/C11H16N2O5S/c1-13-8-9(5-6-10(13)14)12-19(16,17)7-3-4-11(15)18-2/h5-6,8,12H,3-4,7H2,1-2H3. The van der Waals surface area contributed by atoms with Crippen molar-refractivity contribution >= 4 is 21.7 Å². The molecule has 1 heterocycles. The van der Waals surface area contributed by atoms with Crippen LogP contribution in [0.5, 0.6) is 0 Å². The van der Waals surface area contributed by atoms with Crippen molar-refractivity contribution in [3.8, 4) is 0 Å². The van der Waals surface area contributed by atoms with Gasteiger partial charge in [0, 0.05) is 25.7 Å². The SMILES string of the molecule is COC(=O)CCCS(=O)(=O)Nc1ccc(=O)n(C)c1. The van der Waals surface area contributed by atoms with Gasteiger partial charge >= 0.3 is 5.97 Å². The van der Waals surface area contributed by atoms with Crippen molar-refractivity contribution < 1.29 is 17.9 Å². The third kappa shape index (κ3) is 5.12. The maximum Gasteiger partial charge on any atom is 0.305 e. The van der Waals surface area contributed by atoms with Gasteiger partial charge in [-0.15, -0.1) is 0 Å². The first kappa shape index (κ1) is 15.2. The molecule has 7 nitrogen and oxygen atoms in total. The van der Waals surface area contributed by atoms with E-state index in [0.29, 0.717) is 5.69 Å². The van der Waals surface area contributed by atoms with Crippen LogP contribution in [0.2, 0.25) is 0 Å². The number of pyridine rings is 1. The van der Waals surface area contributed by atoms with Crippen molar-refractivity contribution in [2.45, 2.75) is 12.8 Å². The molecule has 106 valence electrons. The number of carbonyl (C=O) groups excluding carboxylic acids is 1. The highest BCUT2D eigenvalue weighted by molar-refractivity contribution is 7.92. The molecule has 0 bridgehead atoms. The predicted molar refractivity (Wildman–Crippen MR) is 70.3 cm³/mol. The Hall–Kier alpha value is -1.83. The fourth-order valence-electron chi connectivity index (χ4n) is 1.39. The Bertz CT molecular complexity index is 606. The largest absolute Gasteiger partial charge is 0.469 e. The van der Waals surface area contributed by atoms with Gasteiger partial charge in [0.2, 0.25) is 15.6 Å². The molecule has 0 amide bonds. The van der Waals surface area contributed by atoms with Crippen molar-refractivity contribution in [1.29, 1.82) is 0 Å². The summed E-state index contributed by atoms with van der Waals surface area (Å²) in [6, 6.07) is 2.66. The van der Waals surface area contributed by atoms with Crippen LogP contribution in [0, 0.1) is 0 Å². The van der Waals surface area contributed by atoms with Crippen molar-refractivity contribution in [3.05, 3.63) is 28.7 Å². The molecule has 8 heteroatoms. The highest BCUT2D eigenvalue weighted by Gasteiger charge is 2.12. The number of carbonyl (C=O) groups is 1. The van der Waals surface area contributed by atoms with Gasteiger partial charge in [0.15, 0.2) is 0 Å². The summed E-state index contributed by atoms with van der Waals surface area (Å²) in [7, 11) is -0.767. The van der Waals surface area contributed by atoms with Crippen molar-refractivity contribution in [1.82, 2.24) is 4.57 Å². The zero-order valence-corrected chi connectivity index (χ0v) is 11.6. The molecule has 1 N–H and O–H groups in total. The van der Waals surface area contributed by atoms with Crippen LogP contribution in [-0.4, -0.2) is 31.8 Å². The van der Waals surface area contributed by atoms with Gasteiger partial charge < -0.3 is 9.30 Å². The number of nitrogens with zero attached hydrogens (tertiary/aromatic N) is 1. The topological polar surface area (TPSA) is 94.5 Å². The van der Waals surface area contributed by atoms with Crippen LogP contribution in [0.3, 0.4) is 0 Å². The molecule has 19 heavy (non-hydrogen) atoms. The van der Waals surface area contributed by atoms with Crippen LogP contribution in [0.4, 0.5) is 5.69 Å². The number of rotatable bonds is 6. The Labute approximate surface area is 111 Å². The van der Waals surface area contributed by atoms with E-state index in [4.69, 9.17) is 0 Å². The second-order valence-corrected chi connectivity index (χ2v) is 5.81. The molecule has 0 aliphatic carbocycles. The average Bonchev–Trinajstić information content (AvgIpc) is 2.33. The summed E-state index contributed by atoms with van der Waals surface area (Å²) in [5.74, 6) is -0.636. The smallest absolute Gasteiger partial charge is 0.305 e. The lowest BCUT2D eigenvalue weighted by Gasteiger charge is -2.08. The summed E-state index contributed by atoms with van der Waals surface area (Å²) < 4.78 is 31.5. The molecule has 1 rings (SSSR count). The Morgan fingerprint density at radius 1 is 1.42 bits per heavy atom. The van der Waals surface area contributed by atoms with Gasteiger partial charge in [-0.25, -0.2) is 8.42 Å². The van der Waals surface area contributed by atoms with E-state index in [0.717, 1.165) is 0 Å². The van der Waals surface area contributed by atoms with Crippen LogP contribution in [0.25, 0.3) is 0 Å². The van der Waals surface area contributed by atoms with E-state index >= 15 is 0 Å². The highest BCUT2D eigenvalue weighted by atomic mass is 32.2. The van der Waals surface area contributed by atoms with E-state index < -0.39 is 16.0 Å². The molecule has 0 radical (unpaired) electrons. The van der Waals surface area contributed by atoms with Gasteiger partial charge in [-0.3, -0.25) is 14.3 Å². The van der Waals surface area contributed by atoms with Crippen LogP contribution in [0.1, 0.15) is 12.8 Å². The maximum atomic E-state index is 11.7. The third-order valence-electron chi connectivity index (χ3n) is 2.38. The van der Waals surface area contributed by atoms with E-state index in [1.54, 1.807) is 0 Å². The predicted octanol–water partition coefficient (Wildman–Crippen LogP) is 0.0802. The van der Waals surface area contributed by atoms with Crippen molar-refractivity contribution in [2.75, 3.05) is 17.6 Å². The highest BCUT2D eigenvalue weighted by Crippen LogP contribution is 2.07. The van der Waals surface area contributed by atoms with Crippen LogP contribution in [0.15, 0.2) is 23.1 Å². The minimum atomic E-state index is -3.54. The van der Waals surface area contributed by atoms with Gasteiger partial charge in [0.1, 0.15) is 0 Å². The Kier molecular flexibility index (Phi) is 5.11. The van der Waals surface area contributed by atoms with Crippen molar-refractivity contribution in [2.24, 2.45) is 7.05 Å². The summed E-state index contributed by atoms with van der Waals surface area (Å²) in [6.45, 7) is 0. The zero-order chi connectivity index (χ0) is 14.5. The number of nitrogens with one attached hydrogen (secondary N) is 1. The number of esters is 1. The number of anilines is 1. The van der Waals surface area contributed by atoms with Gasteiger partial charge in [0.05, 0.1) is 18.6 Å². The van der Waals surface area contributed by atoms with Gasteiger partial charge in [-0.05, 0) is 12.5 Å². The molecular formula is C11H16N2O5S. The molecule has 0 atom stereocenters. The number of aromatic nitrogens is 1. The van der Waals surface area contributed by atoms with Gasteiger partial charge in [0.25, 0.3) is 0 Å². The molecule has 0 saturated heterocycles. The summed E-state index contributed by atoms with van der Waals surface area (Å²) in [6.07, 6.45) is 1.61. The molecule has 0 unspecified atom stereocenters. The summed E-state index contributed by atoms with van der Waals surface area (Å²) in [4.78, 5) is 22.0. The summed E-state index contributed by atoms with van der Waals surface area (Å²) in [5.41, 5.74) is 0.0776. The van der Waals surface area contributed by atoms with E-state index in [-0.39, 0.29) is 24.2 Å². The molecule has 0 spiro atoms. The Balaban J connectivity index is 2.61. The first-order chi connectivity index (χ1) is 8.84. The minimum Gasteiger partial charge on any atom is -0.469 e. The fraction of sp³-hybridized carbons (Fsp3) is 0.455. The number of hydrogen-bond donors (Lipinski definition) is 1. The second-order valence-electron chi connectivity index (χ2n) is 3.97. The number of hydrogen-bond acceptors (Lipinski definition) is 5. The molecule has 1 aromatic rings. The Morgan fingerprint density at radius 3 is 2.68 bits per heavy atom. The van der Waals surface area contributed by atoms with Gasteiger partial charge in [-0.1, -0.05) is 0 Å². The van der Waals surface area contributed by atoms with Crippen molar-refractivity contribution in [3.63, 3.8) is 0 Å². The fourth-order valence-corrected chi connectivity index (χ4v) is 2.50. The van der Waals surface area contributed by atoms with Crippen LogP contribution in [-0.2, 0) is 26.6 Å². The lowest BCUT2D eigenvalue weighted by atomic mass is 10.3. The lowest BCUT2D eigenvalue weighted by molar-refractivity contribution is -0.140. The Morgan fingerprint density at radius 2 is 2.11 bits per heavy atom. The monoisotopic (exact) mass is 288 g/mol. The quantitative estimate of drug-likeness (QED) is 0.748. The number of ether oxygens (including phenoxy) is 1. The van der Waals surface area contributed by atoms with E-state index in [2.05, 4.69) is 9.46 Å². The minimum absolute atomic E-state index is 0.0463. The first-order valence-corrected chi connectivity index (χ1v) is 7.23. The van der Waals surface area contributed by atoms with E-state index in [1.165, 1.54) is 37.1 Å². The lowest BCUT2D eigenvalue weighted by Crippen LogP contribution is -2.20. The van der Waals surface area contributed by atoms with Crippen LogP contribution >= 0.6 is 0 Å². The first-order valence-electron chi connectivity index (χ1n) is 5.58. The molecule has 1 aromatic heterocycles. The molecular weight excluding hydrogens is 272 g/mol. The normalized spacial score (nSPS) is 11.1. The number of sulfonamides is 1. The van der Waals surface area contributed by atoms with E-state index in [1.807, 2.05) is 0 Å². The third-order valence-corrected chi connectivity index (χ3v) is 3.75.